The Labute approximate surface area is 148 Å². The zero-order chi connectivity index (χ0) is 17.7. The minimum Gasteiger partial charge on any atom is -0.329 e. The molecule has 0 bridgehead atoms. The monoisotopic (exact) mass is 361 g/mol. The van der Waals surface area contributed by atoms with E-state index in [9.17, 15) is 12.8 Å². The molecule has 2 aromatic rings. The number of rotatable bonds is 5. The van der Waals surface area contributed by atoms with Gasteiger partial charge in [-0.2, -0.15) is 4.31 Å². The fraction of sp³-hybridized carbons (Fsp3) is 0.263. The summed E-state index contributed by atoms with van der Waals surface area (Å²) >= 11 is 0. The molecule has 2 aromatic carbocycles. The van der Waals surface area contributed by atoms with E-state index in [-0.39, 0.29) is 4.90 Å². The summed E-state index contributed by atoms with van der Waals surface area (Å²) in [6, 6.07) is 15.1. The quantitative estimate of drug-likeness (QED) is 0.875. The van der Waals surface area contributed by atoms with Crippen LogP contribution in [0, 0.1) is 5.82 Å². The molecule has 0 radical (unpaired) electrons. The van der Waals surface area contributed by atoms with E-state index >= 15 is 0 Å². The second kappa shape index (κ2) is 7.91. The first-order chi connectivity index (χ1) is 12.1. The van der Waals surface area contributed by atoms with Gasteiger partial charge in [0.25, 0.3) is 0 Å². The Kier molecular flexibility index (Phi) is 5.63. The second-order valence-corrected chi connectivity index (χ2v) is 8.06. The summed E-state index contributed by atoms with van der Waals surface area (Å²) in [5.41, 5.74) is 1.17. The zero-order valence-corrected chi connectivity index (χ0v) is 14.8. The lowest BCUT2D eigenvalue weighted by Crippen LogP contribution is -3.14. The maximum Gasteiger partial charge on any atom is 0.243 e. The number of quaternary nitrogens is 1. The van der Waals surface area contributed by atoms with Gasteiger partial charge < -0.3 is 4.90 Å². The zero-order valence-electron chi connectivity index (χ0n) is 13.9. The molecular weight excluding hydrogens is 339 g/mol. The highest BCUT2D eigenvalue weighted by atomic mass is 32.2. The summed E-state index contributed by atoms with van der Waals surface area (Å²) in [5.74, 6) is -0.432. The van der Waals surface area contributed by atoms with Crippen LogP contribution in [0.2, 0.25) is 0 Å². The van der Waals surface area contributed by atoms with Crippen molar-refractivity contribution in [3.63, 3.8) is 0 Å². The SMILES string of the molecule is O=S(=O)(c1ccc(F)cc1)N1CC[NH+](CC=Cc2ccccc2)CC1. The third-order valence-electron chi connectivity index (χ3n) is 4.40. The van der Waals surface area contributed by atoms with E-state index < -0.39 is 15.8 Å². The van der Waals surface area contributed by atoms with E-state index in [1.165, 1.54) is 39.0 Å². The largest absolute Gasteiger partial charge is 0.329 e. The molecule has 1 aliphatic rings. The predicted octanol–water partition coefficient (Wildman–Crippen LogP) is 1.43. The predicted molar refractivity (Wildman–Crippen MR) is 96.2 cm³/mol. The van der Waals surface area contributed by atoms with Crippen LogP contribution in [0.4, 0.5) is 4.39 Å². The Bertz CT molecular complexity index is 812. The number of benzene rings is 2. The normalized spacial score (nSPS) is 17.2. The molecule has 1 N–H and O–H groups in total. The van der Waals surface area contributed by atoms with Gasteiger partial charge in [-0.15, -0.1) is 0 Å². The molecule has 25 heavy (non-hydrogen) atoms. The highest BCUT2D eigenvalue weighted by Gasteiger charge is 2.29. The van der Waals surface area contributed by atoms with Gasteiger partial charge in [-0.1, -0.05) is 36.4 Å². The summed E-state index contributed by atoms with van der Waals surface area (Å²) in [6.45, 7) is 3.36. The molecule has 4 nitrogen and oxygen atoms in total. The highest BCUT2D eigenvalue weighted by molar-refractivity contribution is 7.89. The molecule has 1 heterocycles. The van der Waals surface area contributed by atoms with Crippen molar-refractivity contribution in [2.24, 2.45) is 0 Å². The van der Waals surface area contributed by atoms with Gasteiger partial charge in [-0.3, -0.25) is 0 Å². The molecule has 0 unspecified atom stereocenters. The van der Waals surface area contributed by atoms with Gasteiger partial charge in [0.2, 0.25) is 10.0 Å². The molecule has 0 aromatic heterocycles. The summed E-state index contributed by atoms with van der Waals surface area (Å²) in [5, 5.41) is 0. The fourth-order valence-electron chi connectivity index (χ4n) is 2.93. The molecule has 1 fully saturated rings. The standard InChI is InChI=1S/C19H21FN2O2S/c20-18-8-10-19(11-9-18)25(23,24)22-15-13-21(14-16-22)12-4-7-17-5-2-1-3-6-17/h1-11H,12-16H2/p+1. The number of sulfonamides is 1. The van der Waals surface area contributed by atoms with E-state index in [2.05, 4.69) is 24.3 Å². The van der Waals surface area contributed by atoms with Gasteiger partial charge in [-0.05, 0) is 35.9 Å². The van der Waals surface area contributed by atoms with Crippen LogP contribution in [0.15, 0.2) is 65.6 Å². The molecule has 1 aliphatic heterocycles. The summed E-state index contributed by atoms with van der Waals surface area (Å²) < 4.78 is 39.7. The average molecular weight is 361 g/mol. The molecule has 0 spiro atoms. The minimum atomic E-state index is -3.53. The first-order valence-corrected chi connectivity index (χ1v) is 9.80. The average Bonchev–Trinajstić information content (AvgIpc) is 2.63. The lowest BCUT2D eigenvalue weighted by atomic mass is 10.2. The number of piperazine rings is 1. The Morgan fingerprint density at radius 3 is 2.28 bits per heavy atom. The molecular formula is C19H22FN2O2S+. The van der Waals surface area contributed by atoms with E-state index in [0.29, 0.717) is 13.1 Å². The van der Waals surface area contributed by atoms with Crippen LogP contribution in [0.1, 0.15) is 5.56 Å². The van der Waals surface area contributed by atoms with Crippen molar-refractivity contribution in [3.05, 3.63) is 72.1 Å². The van der Waals surface area contributed by atoms with Crippen LogP contribution < -0.4 is 4.90 Å². The van der Waals surface area contributed by atoms with E-state index in [4.69, 9.17) is 0 Å². The molecule has 6 heteroatoms. The van der Waals surface area contributed by atoms with Crippen LogP contribution in [-0.4, -0.2) is 45.4 Å². The number of hydrogen-bond donors (Lipinski definition) is 1. The number of nitrogens with one attached hydrogen (secondary N) is 1. The van der Waals surface area contributed by atoms with Crippen LogP contribution in [0.5, 0.6) is 0 Å². The van der Waals surface area contributed by atoms with Gasteiger partial charge in [0.05, 0.1) is 37.6 Å². The molecule has 0 saturated carbocycles. The maximum atomic E-state index is 13.0. The summed E-state index contributed by atoms with van der Waals surface area (Å²) in [4.78, 5) is 1.51. The van der Waals surface area contributed by atoms with Gasteiger partial charge >= 0.3 is 0 Å². The van der Waals surface area contributed by atoms with Crippen molar-refractivity contribution in [2.75, 3.05) is 32.7 Å². The molecule has 3 rings (SSSR count). The van der Waals surface area contributed by atoms with E-state index in [0.717, 1.165) is 19.6 Å². The first-order valence-electron chi connectivity index (χ1n) is 8.36. The van der Waals surface area contributed by atoms with Crippen molar-refractivity contribution < 1.29 is 17.7 Å². The van der Waals surface area contributed by atoms with Crippen LogP contribution in [0.3, 0.4) is 0 Å². The van der Waals surface area contributed by atoms with Crippen molar-refractivity contribution in [2.45, 2.75) is 4.90 Å². The molecule has 132 valence electrons. The van der Waals surface area contributed by atoms with Gasteiger partial charge in [0.15, 0.2) is 0 Å². The lowest BCUT2D eigenvalue weighted by Gasteiger charge is -2.31. The summed E-state index contributed by atoms with van der Waals surface area (Å²) in [7, 11) is -3.53. The van der Waals surface area contributed by atoms with E-state index in [1.54, 1.807) is 0 Å². The first kappa shape index (κ1) is 17.8. The molecule has 0 amide bonds. The molecule has 0 aliphatic carbocycles. The van der Waals surface area contributed by atoms with Gasteiger partial charge in [-0.25, -0.2) is 12.8 Å². The Hall–Kier alpha value is -2.02. The lowest BCUT2D eigenvalue weighted by molar-refractivity contribution is -0.897. The summed E-state index contributed by atoms with van der Waals surface area (Å²) in [6.07, 6.45) is 4.23. The number of halogens is 1. The van der Waals surface area contributed by atoms with Gasteiger partial charge in [0, 0.05) is 0 Å². The van der Waals surface area contributed by atoms with Crippen LogP contribution in [-0.2, 0) is 10.0 Å². The van der Waals surface area contributed by atoms with Gasteiger partial charge in [0.1, 0.15) is 5.82 Å². The molecule has 1 saturated heterocycles. The topological polar surface area (TPSA) is 41.8 Å². The van der Waals surface area contributed by atoms with Crippen molar-refractivity contribution in [3.8, 4) is 0 Å². The second-order valence-electron chi connectivity index (χ2n) is 6.13. The smallest absolute Gasteiger partial charge is 0.243 e. The fourth-order valence-corrected chi connectivity index (χ4v) is 4.37. The van der Waals surface area contributed by atoms with Crippen LogP contribution in [0.25, 0.3) is 6.08 Å². The van der Waals surface area contributed by atoms with Crippen LogP contribution >= 0.6 is 0 Å². The van der Waals surface area contributed by atoms with Crippen molar-refractivity contribution in [1.82, 2.24) is 4.31 Å². The number of hydrogen-bond acceptors (Lipinski definition) is 2. The Morgan fingerprint density at radius 2 is 1.64 bits per heavy atom. The third kappa shape index (κ3) is 4.54. The molecule has 0 atom stereocenters. The Morgan fingerprint density at radius 1 is 1.00 bits per heavy atom. The van der Waals surface area contributed by atoms with Crippen molar-refractivity contribution >= 4 is 16.1 Å². The Balaban J connectivity index is 1.54. The van der Waals surface area contributed by atoms with Crippen molar-refractivity contribution in [1.29, 1.82) is 0 Å². The van der Waals surface area contributed by atoms with E-state index in [1.807, 2.05) is 18.2 Å². The number of nitrogens with zero attached hydrogens (tertiary/aromatic N) is 1. The maximum absolute atomic E-state index is 13.0. The highest BCUT2D eigenvalue weighted by Crippen LogP contribution is 2.15. The minimum absolute atomic E-state index is 0.154. The third-order valence-corrected chi connectivity index (χ3v) is 6.31.